The molecule has 0 amide bonds. The van der Waals surface area contributed by atoms with E-state index in [4.69, 9.17) is 4.74 Å². The normalized spacial score (nSPS) is 15.3. The summed E-state index contributed by atoms with van der Waals surface area (Å²) in [5.74, 6) is 0.692. The van der Waals surface area contributed by atoms with Crippen LogP contribution in [0.4, 0.5) is 0 Å². The van der Waals surface area contributed by atoms with Gasteiger partial charge in [0.1, 0.15) is 6.61 Å². The minimum Gasteiger partial charge on any atom is -0.475 e. The second kappa shape index (κ2) is 6.42. The average Bonchev–Trinajstić information content (AvgIpc) is 3.26. The molecule has 4 heteroatoms. The van der Waals surface area contributed by atoms with Gasteiger partial charge in [-0.1, -0.05) is 30.3 Å². The van der Waals surface area contributed by atoms with E-state index in [0.717, 1.165) is 12.2 Å². The third-order valence-electron chi connectivity index (χ3n) is 4.42. The number of fused-ring (bicyclic) bond motifs is 1. The minimum atomic E-state index is 0.692. The van der Waals surface area contributed by atoms with E-state index in [1.54, 1.807) is 0 Å². The maximum absolute atomic E-state index is 5.78. The molecule has 1 aromatic heterocycles. The van der Waals surface area contributed by atoms with Crippen molar-refractivity contribution in [2.75, 3.05) is 26.2 Å². The third kappa shape index (κ3) is 3.22. The topological polar surface area (TPSA) is 30.3 Å². The molecule has 0 bridgehead atoms. The summed E-state index contributed by atoms with van der Waals surface area (Å²) in [5, 5.41) is 6.99. The molecule has 0 radical (unpaired) electrons. The molecule has 0 N–H and O–H groups in total. The predicted molar refractivity (Wildman–Crippen MR) is 92.2 cm³/mol. The minimum absolute atomic E-state index is 0.692. The van der Waals surface area contributed by atoms with Crippen molar-refractivity contribution >= 4 is 10.8 Å². The van der Waals surface area contributed by atoms with Gasteiger partial charge in [0.15, 0.2) is 0 Å². The lowest BCUT2D eigenvalue weighted by Gasteiger charge is -2.13. The van der Waals surface area contributed by atoms with Crippen LogP contribution in [0.3, 0.4) is 0 Å². The van der Waals surface area contributed by atoms with E-state index >= 15 is 0 Å². The lowest BCUT2D eigenvalue weighted by Crippen LogP contribution is -2.25. The summed E-state index contributed by atoms with van der Waals surface area (Å²) in [5.41, 5.74) is 1.05. The fourth-order valence-corrected chi connectivity index (χ4v) is 3.13. The number of hydrogen-bond donors (Lipinski definition) is 0. The molecule has 1 saturated heterocycles. The maximum atomic E-state index is 5.78. The van der Waals surface area contributed by atoms with Gasteiger partial charge in [0, 0.05) is 18.8 Å². The number of benzene rings is 2. The van der Waals surface area contributed by atoms with Crippen LogP contribution in [-0.2, 0) is 0 Å². The van der Waals surface area contributed by atoms with Gasteiger partial charge < -0.3 is 4.74 Å². The highest BCUT2D eigenvalue weighted by atomic mass is 16.5. The van der Waals surface area contributed by atoms with Crippen LogP contribution in [0.15, 0.2) is 54.7 Å². The molecule has 4 nitrogen and oxygen atoms in total. The van der Waals surface area contributed by atoms with Crippen LogP contribution >= 0.6 is 0 Å². The molecular weight excluding hydrogens is 286 g/mol. The summed E-state index contributed by atoms with van der Waals surface area (Å²) >= 11 is 0. The molecule has 0 saturated carbocycles. The van der Waals surface area contributed by atoms with Crippen LogP contribution in [0.1, 0.15) is 12.8 Å². The summed E-state index contributed by atoms with van der Waals surface area (Å²) < 4.78 is 7.66. The highest BCUT2D eigenvalue weighted by Gasteiger charge is 2.11. The van der Waals surface area contributed by atoms with Crippen molar-refractivity contribution in [2.45, 2.75) is 12.8 Å². The molecule has 3 aromatic rings. The second-order valence-electron chi connectivity index (χ2n) is 6.03. The summed E-state index contributed by atoms with van der Waals surface area (Å²) in [6.07, 6.45) is 4.59. The molecule has 0 unspecified atom stereocenters. The van der Waals surface area contributed by atoms with Gasteiger partial charge in [-0.2, -0.15) is 0 Å². The number of nitrogens with zero attached hydrogens (tertiary/aromatic N) is 3. The van der Waals surface area contributed by atoms with E-state index in [2.05, 4.69) is 52.5 Å². The van der Waals surface area contributed by atoms with Gasteiger partial charge in [0.2, 0.25) is 5.88 Å². The first-order valence-corrected chi connectivity index (χ1v) is 8.28. The Kier molecular flexibility index (Phi) is 3.99. The second-order valence-corrected chi connectivity index (χ2v) is 6.03. The molecule has 0 spiro atoms. The maximum Gasteiger partial charge on any atom is 0.233 e. The number of likely N-dealkylation sites (tertiary alicyclic amines) is 1. The third-order valence-corrected chi connectivity index (χ3v) is 4.42. The van der Waals surface area contributed by atoms with Crippen molar-refractivity contribution in [3.05, 3.63) is 54.7 Å². The van der Waals surface area contributed by atoms with Crippen LogP contribution in [-0.4, -0.2) is 40.9 Å². The molecule has 1 aliphatic rings. The van der Waals surface area contributed by atoms with E-state index in [1.807, 2.05) is 16.9 Å². The van der Waals surface area contributed by atoms with Crippen molar-refractivity contribution in [1.29, 1.82) is 0 Å². The zero-order valence-electron chi connectivity index (χ0n) is 13.2. The predicted octanol–water partition coefficient (Wildman–Crippen LogP) is 3.50. The Hall–Kier alpha value is -2.33. The van der Waals surface area contributed by atoms with Gasteiger partial charge in [-0.15, -0.1) is 5.10 Å². The van der Waals surface area contributed by atoms with Crippen LogP contribution in [0, 0.1) is 0 Å². The molecule has 23 heavy (non-hydrogen) atoms. The van der Waals surface area contributed by atoms with E-state index in [-0.39, 0.29) is 0 Å². The summed E-state index contributed by atoms with van der Waals surface area (Å²) in [4.78, 5) is 2.44. The molecular formula is C19H21N3O. The van der Waals surface area contributed by atoms with E-state index in [9.17, 15) is 0 Å². The largest absolute Gasteiger partial charge is 0.475 e. The van der Waals surface area contributed by atoms with Gasteiger partial charge >= 0.3 is 0 Å². The van der Waals surface area contributed by atoms with E-state index in [1.165, 1.54) is 36.7 Å². The highest BCUT2D eigenvalue weighted by Crippen LogP contribution is 2.19. The Labute approximate surface area is 136 Å². The Morgan fingerprint density at radius 1 is 0.957 bits per heavy atom. The first-order valence-electron chi connectivity index (χ1n) is 8.28. The Bertz CT molecular complexity index is 790. The molecule has 0 aliphatic carbocycles. The summed E-state index contributed by atoms with van der Waals surface area (Å²) in [6.45, 7) is 4.10. The van der Waals surface area contributed by atoms with E-state index in [0.29, 0.717) is 12.5 Å². The van der Waals surface area contributed by atoms with Crippen LogP contribution in [0.5, 0.6) is 5.88 Å². The molecule has 0 atom stereocenters. The number of rotatable bonds is 5. The standard InChI is InChI=1S/C19H21N3O/c1-2-6-17-15-18(8-7-16(17)5-1)22-12-9-19(20-22)23-14-13-21-10-3-4-11-21/h1-2,5-9,12,15H,3-4,10-11,13-14H2. The van der Waals surface area contributed by atoms with Gasteiger partial charge in [-0.25, -0.2) is 4.68 Å². The Balaban J connectivity index is 1.43. The quantitative estimate of drug-likeness (QED) is 0.723. The lowest BCUT2D eigenvalue weighted by molar-refractivity contribution is 0.231. The molecule has 2 heterocycles. The van der Waals surface area contributed by atoms with Crippen LogP contribution in [0.2, 0.25) is 0 Å². The fraction of sp³-hybridized carbons (Fsp3) is 0.316. The molecule has 1 fully saturated rings. The number of hydrogen-bond acceptors (Lipinski definition) is 3. The van der Waals surface area contributed by atoms with Crippen molar-refractivity contribution in [3.8, 4) is 11.6 Å². The summed E-state index contributed by atoms with van der Waals surface area (Å²) in [6, 6.07) is 16.6. The van der Waals surface area contributed by atoms with Crippen molar-refractivity contribution < 1.29 is 4.74 Å². The molecule has 1 aliphatic heterocycles. The first-order chi connectivity index (χ1) is 11.4. The monoisotopic (exact) mass is 307 g/mol. The van der Waals surface area contributed by atoms with Gasteiger partial charge in [0.05, 0.1) is 5.69 Å². The van der Waals surface area contributed by atoms with Gasteiger partial charge in [-0.05, 0) is 48.8 Å². The SMILES string of the molecule is c1ccc2cc(-n3ccc(OCCN4CCCC4)n3)ccc2c1. The zero-order valence-corrected chi connectivity index (χ0v) is 13.2. The Morgan fingerprint density at radius 2 is 1.78 bits per heavy atom. The van der Waals surface area contributed by atoms with Crippen molar-refractivity contribution in [3.63, 3.8) is 0 Å². The van der Waals surface area contributed by atoms with Crippen LogP contribution in [0.25, 0.3) is 16.5 Å². The first kappa shape index (κ1) is 14.3. The van der Waals surface area contributed by atoms with Crippen molar-refractivity contribution in [1.82, 2.24) is 14.7 Å². The summed E-state index contributed by atoms with van der Waals surface area (Å²) in [7, 11) is 0. The van der Waals surface area contributed by atoms with Gasteiger partial charge in [-0.3, -0.25) is 4.90 Å². The van der Waals surface area contributed by atoms with Gasteiger partial charge in [0.25, 0.3) is 0 Å². The highest BCUT2D eigenvalue weighted by molar-refractivity contribution is 5.84. The average molecular weight is 307 g/mol. The number of aromatic nitrogens is 2. The number of ether oxygens (including phenoxy) is 1. The zero-order chi connectivity index (χ0) is 15.5. The lowest BCUT2D eigenvalue weighted by atomic mass is 10.1. The van der Waals surface area contributed by atoms with E-state index < -0.39 is 0 Å². The van der Waals surface area contributed by atoms with Crippen LogP contribution < -0.4 is 4.74 Å². The molecule has 118 valence electrons. The van der Waals surface area contributed by atoms with Crippen molar-refractivity contribution in [2.24, 2.45) is 0 Å². The molecule has 2 aromatic carbocycles. The molecule has 4 rings (SSSR count). The fourth-order valence-electron chi connectivity index (χ4n) is 3.13. The Morgan fingerprint density at radius 3 is 2.65 bits per heavy atom. The smallest absolute Gasteiger partial charge is 0.233 e.